The Labute approximate surface area is 101 Å². The second-order valence-corrected chi connectivity index (χ2v) is 5.54. The van der Waals surface area contributed by atoms with Crippen LogP contribution in [-0.2, 0) is 4.74 Å². The fourth-order valence-corrected chi connectivity index (χ4v) is 1.15. The van der Waals surface area contributed by atoms with Crippen molar-refractivity contribution in [1.82, 2.24) is 0 Å². The first-order valence-corrected chi connectivity index (χ1v) is 6.30. The van der Waals surface area contributed by atoms with E-state index in [1.54, 1.807) is 11.8 Å². The van der Waals surface area contributed by atoms with E-state index in [2.05, 4.69) is 5.32 Å². The Bertz CT molecular complexity index is 338. The van der Waals surface area contributed by atoms with Gasteiger partial charge < -0.3 is 4.74 Å². The average molecular weight is 239 g/mol. The molecule has 0 aliphatic rings. The van der Waals surface area contributed by atoms with Crippen LogP contribution in [0, 0.1) is 0 Å². The summed E-state index contributed by atoms with van der Waals surface area (Å²) >= 11 is 1.67. The van der Waals surface area contributed by atoms with Crippen LogP contribution in [0.15, 0.2) is 30.3 Å². The predicted molar refractivity (Wildman–Crippen MR) is 69.0 cm³/mol. The van der Waals surface area contributed by atoms with Gasteiger partial charge in [-0.2, -0.15) is 11.8 Å². The van der Waals surface area contributed by atoms with E-state index in [0.29, 0.717) is 6.61 Å². The van der Waals surface area contributed by atoms with Gasteiger partial charge in [-0.1, -0.05) is 18.2 Å². The van der Waals surface area contributed by atoms with Gasteiger partial charge in [-0.15, -0.1) is 0 Å². The predicted octanol–water partition coefficient (Wildman–Crippen LogP) is 3.38. The van der Waals surface area contributed by atoms with Crippen LogP contribution in [0.5, 0.6) is 0 Å². The van der Waals surface area contributed by atoms with Crippen LogP contribution >= 0.6 is 11.8 Å². The minimum atomic E-state index is -0.409. The van der Waals surface area contributed by atoms with Crippen LogP contribution in [-0.4, -0.2) is 23.7 Å². The summed E-state index contributed by atoms with van der Waals surface area (Å²) in [4.78, 5) is 11.4. The van der Waals surface area contributed by atoms with E-state index >= 15 is 0 Å². The molecule has 1 amide bonds. The molecule has 0 bridgehead atoms. The summed E-state index contributed by atoms with van der Waals surface area (Å²) in [6, 6.07) is 9.26. The Kier molecular flexibility index (Phi) is 4.68. The summed E-state index contributed by atoms with van der Waals surface area (Å²) in [6.45, 7) is 4.47. The van der Waals surface area contributed by atoms with Crippen molar-refractivity contribution in [2.75, 3.05) is 18.2 Å². The largest absolute Gasteiger partial charge is 0.448 e. The van der Waals surface area contributed by atoms with Crippen LogP contribution in [0.3, 0.4) is 0 Å². The first kappa shape index (κ1) is 12.9. The summed E-state index contributed by atoms with van der Waals surface area (Å²) in [5, 5.41) is 2.67. The number of thioether (sulfide) groups is 1. The van der Waals surface area contributed by atoms with Crippen molar-refractivity contribution in [3.63, 3.8) is 0 Å². The second-order valence-electron chi connectivity index (χ2n) is 4.03. The number of benzene rings is 1. The number of rotatable bonds is 4. The molecule has 0 aliphatic carbocycles. The van der Waals surface area contributed by atoms with Crippen LogP contribution in [0.25, 0.3) is 0 Å². The zero-order valence-electron chi connectivity index (χ0n) is 9.82. The lowest BCUT2D eigenvalue weighted by atomic mass is 10.2. The minimum absolute atomic E-state index is 0.0476. The Hall–Kier alpha value is -1.16. The SMILES string of the molecule is CSC(C)(C)COC(=O)Nc1ccccc1. The lowest BCUT2D eigenvalue weighted by Crippen LogP contribution is -2.26. The summed E-state index contributed by atoms with van der Waals surface area (Å²) in [6.07, 6.45) is 1.59. The van der Waals surface area contributed by atoms with Gasteiger partial charge in [-0.3, -0.25) is 5.32 Å². The Morgan fingerprint density at radius 1 is 1.38 bits per heavy atom. The van der Waals surface area contributed by atoms with Crippen molar-refractivity contribution < 1.29 is 9.53 Å². The number of para-hydroxylation sites is 1. The number of nitrogens with one attached hydrogen (secondary N) is 1. The molecular weight excluding hydrogens is 222 g/mol. The average Bonchev–Trinajstić information content (AvgIpc) is 2.28. The molecule has 1 aromatic carbocycles. The van der Waals surface area contributed by atoms with Crippen LogP contribution in [0.1, 0.15) is 13.8 Å². The molecule has 88 valence electrons. The normalized spacial score (nSPS) is 10.9. The van der Waals surface area contributed by atoms with Gasteiger partial charge in [0.1, 0.15) is 6.61 Å². The number of carbonyl (C=O) groups is 1. The summed E-state index contributed by atoms with van der Waals surface area (Å²) in [5.74, 6) is 0. The van der Waals surface area contributed by atoms with Crippen molar-refractivity contribution in [2.45, 2.75) is 18.6 Å². The molecule has 0 radical (unpaired) electrons. The van der Waals surface area contributed by atoms with Gasteiger partial charge >= 0.3 is 6.09 Å². The first-order valence-electron chi connectivity index (χ1n) is 5.07. The molecule has 1 N–H and O–H groups in total. The van der Waals surface area contributed by atoms with E-state index < -0.39 is 6.09 Å². The minimum Gasteiger partial charge on any atom is -0.448 e. The third-order valence-electron chi connectivity index (χ3n) is 2.12. The maximum Gasteiger partial charge on any atom is 0.411 e. The summed E-state index contributed by atoms with van der Waals surface area (Å²) in [7, 11) is 0. The van der Waals surface area contributed by atoms with Crippen molar-refractivity contribution in [3.05, 3.63) is 30.3 Å². The van der Waals surface area contributed by atoms with Crippen molar-refractivity contribution in [2.24, 2.45) is 0 Å². The number of carbonyl (C=O) groups excluding carboxylic acids is 1. The second kappa shape index (κ2) is 5.80. The molecule has 3 nitrogen and oxygen atoms in total. The highest BCUT2D eigenvalue weighted by Crippen LogP contribution is 2.21. The summed E-state index contributed by atoms with van der Waals surface area (Å²) in [5.41, 5.74) is 0.745. The highest BCUT2D eigenvalue weighted by atomic mass is 32.2. The maximum atomic E-state index is 11.4. The molecule has 0 saturated heterocycles. The van der Waals surface area contributed by atoms with E-state index in [1.165, 1.54) is 0 Å². The standard InChI is InChI=1S/C12H17NO2S/c1-12(2,16-3)9-15-11(14)13-10-7-5-4-6-8-10/h4-8H,9H2,1-3H3,(H,13,14). The number of amides is 1. The van der Waals surface area contributed by atoms with Gasteiger partial charge in [0, 0.05) is 10.4 Å². The highest BCUT2D eigenvalue weighted by molar-refractivity contribution is 7.99. The zero-order valence-corrected chi connectivity index (χ0v) is 10.6. The molecule has 0 spiro atoms. The zero-order chi connectivity index (χ0) is 12.0. The lowest BCUT2D eigenvalue weighted by Gasteiger charge is -2.21. The van der Waals surface area contributed by atoms with Crippen LogP contribution < -0.4 is 5.32 Å². The molecule has 0 fully saturated rings. The van der Waals surface area contributed by atoms with Gasteiger partial charge in [0.15, 0.2) is 0 Å². The Balaban J connectivity index is 2.38. The lowest BCUT2D eigenvalue weighted by molar-refractivity contribution is 0.153. The van der Waals surface area contributed by atoms with Gasteiger partial charge in [-0.25, -0.2) is 4.79 Å². The molecule has 0 atom stereocenters. The Morgan fingerprint density at radius 3 is 2.56 bits per heavy atom. The van der Waals surface area contributed by atoms with E-state index in [0.717, 1.165) is 5.69 Å². The molecule has 0 aliphatic heterocycles. The third-order valence-corrected chi connectivity index (χ3v) is 3.35. The fraction of sp³-hybridized carbons (Fsp3) is 0.417. The molecule has 16 heavy (non-hydrogen) atoms. The molecule has 1 aromatic rings. The highest BCUT2D eigenvalue weighted by Gasteiger charge is 2.18. The topological polar surface area (TPSA) is 38.3 Å². The molecule has 0 unspecified atom stereocenters. The van der Waals surface area contributed by atoms with Gasteiger partial charge in [-0.05, 0) is 32.2 Å². The van der Waals surface area contributed by atoms with E-state index in [9.17, 15) is 4.79 Å². The van der Waals surface area contributed by atoms with Crippen molar-refractivity contribution in [3.8, 4) is 0 Å². The van der Waals surface area contributed by atoms with E-state index in [-0.39, 0.29) is 4.75 Å². The molecule has 0 heterocycles. The van der Waals surface area contributed by atoms with Gasteiger partial charge in [0.05, 0.1) is 0 Å². The molecule has 4 heteroatoms. The number of hydrogen-bond acceptors (Lipinski definition) is 3. The van der Waals surface area contributed by atoms with Crippen LogP contribution in [0.4, 0.5) is 10.5 Å². The van der Waals surface area contributed by atoms with Crippen LogP contribution in [0.2, 0.25) is 0 Å². The maximum absolute atomic E-state index is 11.4. The smallest absolute Gasteiger partial charge is 0.411 e. The first-order chi connectivity index (χ1) is 7.53. The van der Waals surface area contributed by atoms with Gasteiger partial charge in [0.25, 0.3) is 0 Å². The Morgan fingerprint density at radius 2 is 2.00 bits per heavy atom. The quantitative estimate of drug-likeness (QED) is 0.875. The monoisotopic (exact) mass is 239 g/mol. The van der Waals surface area contributed by atoms with E-state index in [4.69, 9.17) is 4.74 Å². The van der Waals surface area contributed by atoms with Crippen molar-refractivity contribution in [1.29, 1.82) is 0 Å². The van der Waals surface area contributed by atoms with E-state index in [1.807, 2.05) is 50.4 Å². The summed E-state index contributed by atoms with van der Waals surface area (Å²) < 4.78 is 5.08. The molecule has 0 aromatic heterocycles. The number of ether oxygens (including phenoxy) is 1. The number of hydrogen-bond donors (Lipinski definition) is 1. The third kappa shape index (κ3) is 4.57. The molecule has 0 saturated carbocycles. The molecule has 1 rings (SSSR count). The van der Waals surface area contributed by atoms with Crippen molar-refractivity contribution >= 4 is 23.5 Å². The fourth-order valence-electron chi connectivity index (χ4n) is 0.974. The molecular formula is C12H17NO2S. The number of anilines is 1. The van der Waals surface area contributed by atoms with Gasteiger partial charge in [0.2, 0.25) is 0 Å².